The smallest absolute Gasteiger partial charge is 0.131 e. The molecule has 0 saturated carbocycles. The quantitative estimate of drug-likeness (QED) is 0.717. The van der Waals surface area contributed by atoms with Gasteiger partial charge in [-0.2, -0.15) is 0 Å². The van der Waals surface area contributed by atoms with E-state index in [-0.39, 0.29) is 5.38 Å². The summed E-state index contributed by atoms with van der Waals surface area (Å²) < 4.78 is 4.97. The molecule has 0 spiro atoms. The number of anilines is 1. The van der Waals surface area contributed by atoms with Crippen LogP contribution in [-0.2, 0) is 4.74 Å². The first kappa shape index (κ1) is 12.2. The summed E-state index contributed by atoms with van der Waals surface area (Å²) >= 11 is 6.06. The average molecular weight is 230 g/mol. The number of alkyl halides is 1. The number of halogens is 1. The first-order valence-electron chi connectivity index (χ1n) is 4.76. The first-order valence-corrected chi connectivity index (χ1v) is 5.20. The number of hydrogen-bond donors (Lipinski definition) is 0. The van der Waals surface area contributed by atoms with E-state index >= 15 is 0 Å². The van der Waals surface area contributed by atoms with Crippen LogP contribution in [0.3, 0.4) is 0 Å². The Labute approximate surface area is 95.2 Å². The van der Waals surface area contributed by atoms with Crippen LogP contribution in [-0.4, -0.2) is 42.7 Å². The molecule has 0 fully saturated rings. The van der Waals surface area contributed by atoms with Crippen molar-refractivity contribution >= 4 is 17.4 Å². The summed E-state index contributed by atoms with van der Waals surface area (Å²) in [5, 5.41) is -0.0322. The normalized spacial score (nSPS) is 12.5. The molecule has 1 aromatic rings. The second-order valence-electron chi connectivity index (χ2n) is 3.45. The summed E-state index contributed by atoms with van der Waals surface area (Å²) in [6.07, 6.45) is 1.56. The fourth-order valence-electron chi connectivity index (χ4n) is 1.27. The Kier molecular flexibility index (Phi) is 4.78. The molecule has 1 rings (SSSR count). The van der Waals surface area contributed by atoms with Gasteiger partial charge in [0.1, 0.15) is 12.1 Å². The zero-order chi connectivity index (χ0) is 11.3. The van der Waals surface area contributed by atoms with Crippen molar-refractivity contribution < 1.29 is 4.74 Å². The van der Waals surface area contributed by atoms with Gasteiger partial charge in [0, 0.05) is 32.5 Å². The predicted octanol–water partition coefficient (Wildman–Crippen LogP) is 1.48. The Morgan fingerprint density at radius 1 is 1.53 bits per heavy atom. The molecule has 1 heterocycles. The van der Waals surface area contributed by atoms with E-state index in [0.717, 1.165) is 11.5 Å². The third kappa shape index (κ3) is 4.01. The van der Waals surface area contributed by atoms with Crippen molar-refractivity contribution in [2.45, 2.75) is 12.3 Å². The van der Waals surface area contributed by atoms with Gasteiger partial charge in [-0.1, -0.05) is 0 Å². The lowest BCUT2D eigenvalue weighted by molar-refractivity contribution is 0.199. The van der Waals surface area contributed by atoms with E-state index in [0.29, 0.717) is 13.2 Å². The highest BCUT2D eigenvalue weighted by Crippen LogP contribution is 2.10. The van der Waals surface area contributed by atoms with E-state index in [1.807, 2.05) is 24.9 Å². The van der Waals surface area contributed by atoms with Gasteiger partial charge in [-0.05, 0) is 6.92 Å². The predicted molar refractivity (Wildman–Crippen MR) is 61.6 cm³/mol. The summed E-state index contributed by atoms with van der Waals surface area (Å²) in [5.74, 6) is 0.879. The average Bonchev–Trinajstić information content (AvgIpc) is 2.18. The number of hydrogen-bond acceptors (Lipinski definition) is 4. The molecule has 5 heteroatoms. The van der Waals surface area contributed by atoms with Gasteiger partial charge in [0.25, 0.3) is 0 Å². The molecule has 1 unspecified atom stereocenters. The Morgan fingerprint density at radius 2 is 2.27 bits per heavy atom. The number of aromatic nitrogens is 2. The Balaban J connectivity index is 2.56. The standard InChI is InChI=1S/C10H16ClN3O/c1-8-4-10(13-7-12-8)14(2)5-9(11)6-15-3/h4,7,9H,5-6H2,1-3H3. The van der Waals surface area contributed by atoms with Crippen LogP contribution < -0.4 is 4.90 Å². The van der Waals surface area contributed by atoms with Crippen molar-refractivity contribution in [3.05, 3.63) is 18.1 Å². The summed E-state index contributed by atoms with van der Waals surface area (Å²) in [6, 6.07) is 1.93. The molecule has 0 saturated heterocycles. The van der Waals surface area contributed by atoms with Crippen molar-refractivity contribution in [1.29, 1.82) is 0 Å². The molecular weight excluding hydrogens is 214 g/mol. The second kappa shape index (κ2) is 5.88. The minimum absolute atomic E-state index is 0.0322. The summed E-state index contributed by atoms with van der Waals surface area (Å²) in [4.78, 5) is 10.2. The van der Waals surface area contributed by atoms with Gasteiger partial charge in [-0.25, -0.2) is 9.97 Å². The van der Waals surface area contributed by atoms with Crippen LogP contribution in [0.1, 0.15) is 5.69 Å². The van der Waals surface area contributed by atoms with Crippen molar-refractivity contribution in [2.75, 3.05) is 32.2 Å². The zero-order valence-electron chi connectivity index (χ0n) is 9.27. The molecule has 84 valence electrons. The highest BCUT2D eigenvalue weighted by Gasteiger charge is 2.09. The SMILES string of the molecule is COCC(Cl)CN(C)c1cc(C)ncn1. The molecule has 15 heavy (non-hydrogen) atoms. The third-order valence-electron chi connectivity index (χ3n) is 2.00. The second-order valence-corrected chi connectivity index (χ2v) is 4.07. The molecule has 0 aliphatic heterocycles. The van der Waals surface area contributed by atoms with E-state index in [1.165, 1.54) is 0 Å². The van der Waals surface area contributed by atoms with E-state index in [4.69, 9.17) is 16.3 Å². The van der Waals surface area contributed by atoms with E-state index in [1.54, 1.807) is 13.4 Å². The van der Waals surface area contributed by atoms with Crippen molar-refractivity contribution in [2.24, 2.45) is 0 Å². The molecule has 1 atom stereocenters. The van der Waals surface area contributed by atoms with Gasteiger partial charge in [-0.15, -0.1) is 11.6 Å². The van der Waals surface area contributed by atoms with Crippen LogP contribution in [0, 0.1) is 6.92 Å². The van der Waals surface area contributed by atoms with Gasteiger partial charge in [0.15, 0.2) is 0 Å². The Hall–Kier alpha value is -0.870. The lowest BCUT2D eigenvalue weighted by atomic mass is 10.3. The minimum atomic E-state index is -0.0322. The van der Waals surface area contributed by atoms with Gasteiger partial charge in [0.05, 0.1) is 12.0 Å². The molecule has 0 bridgehead atoms. The molecule has 0 aliphatic carbocycles. The molecular formula is C10H16ClN3O. The number of methoxy groups -OCH3 is 1. The van der Waals surface area contributed by atoms with E-state index in [2.05, 4.69) is 9.97 Å². The van der Waals surface area contributed by atoms with Crippen molar-refractivity contribution in [3.8, 4) is 0 Å². The molecule has 0 amide bonds. The van der Waals surface area contributed by atoms with Crippen LogP contribution >= 0.6 is 11.6 Å². The van der Waals surface area contributed by atoms with Gasteiger partial charge in [-0.3, -0.25) is 0 Å². The molecule has 0 radical (unpaired) electrons. The lowest BCUT2D eigenvalue weighted by Gasteiger charge is -2.20. The molecule has 0 aliphatic rings. The van der Waals surface area contributed by atoms with Gasteiger partial charge in [0.2, 0.25) is 0 Å². The van der Waals surface area contributed by atoms with Crippen LogP contribution in [0.25, 0.3) is 0 Å². The third-order valence-corrected chi connectivity index (χ3v) is 2.26. The number of ether oxygens (including phenoxy) is 1. The minimum Gasteiger partial charge on any atom is -0.383 e. The van der Waals surface area contributed by atoms with Crippen molar-refractivity contribution in [1.82, 2.24) is 9.97 Å². The fraction of sp³-hybridized carbons (Fsp3) is 0.600. The largest absolute Gasteiger partial charge is 0.383 e. The van der Waals surface area contributed by atoms with Gasteiger partial charge >= 0.3 is 0 Å². The molecule has 4 nitrogen and oxygen atoms in total. The van der Waals surface area contributed by atoms with Crippen LogP contribution in [0.5, 0.6) is 0 Å². The Morgan fingerprint density at radius 3 is 2.87 bits per heavy atom. The summed E-state index contributed by atoms with van der Waals surface area (Å²) in [7, 11) is 3.59. The highest BCUT2D eigenvalue weighted by molar-refractivity contribution is 6.21. The monoisotopic (exact) mass is 229 g/mol. The molecule has 0 aromatic carbocycles. The van der Waals surface area contributed by atoms with Gasteiger partial charge < -0.3 is 9.64 Å². The van der Waals surface area contributed by atoms with Crippen LogP contribution in [0.15, 0.2) is 12.4 Å². The van der Waals surface area contributed by atoms with Crippen LogP contribution in [0.4, 0.5) is 5.82 Å². The summed E-state index contributed by atoms with van der Waals surface area (Å²) in [5.41, 5.74) is 0.949. The number of aryl methyl sites for hydroxylation is 1. The fourth-order valence-corrected chi connectivity index (χ4v) is 1.61. The number of nitrogens with zero attached hydrogens (tertiary/aromatic N) is 3. The van der Waals surface area contributed by atoms with E-state index in [9.17, 15) is 0 Å². The topological polar surface area (TPSA) is 38.2 Å². The zero-order valence-corrected chi connectivity index (χ0v) is 10.0. The maximum Gasteiger partial charge on any atom is 0.131 e. The van der Waals surface area contributed by atoms with Crippen molar-refractivity contribution in [3.63, 3.8) is 0 Å². The Bertz CT molecular complexity index is 308. The molecule has 1 aromatic heterocycles. The molecule has 0 N–H and O–H groups in total. The summed E-state index contributed by atoms with van der Waals surface area (Å²) in [6.45, 7) is 3.17. The number of rotatable bonds is 5. The lowest BCUT2D eigenvalue weighted by Crippen LogP contribution is -2.29. The highest BCUT2D eigenvalue weighted by atomic mass is 35.5. The maximum atomic E-state index is 6.06. The van der Waals surface area contributed by atoms with E-state index < -0.39 is 0 Å². The maximum absolute atomic E-state index is 6.06. The van der Waals surface area contributed by atoms with Crippen LogP contribution in [0.2, 0.25) is 0 Å². The first-order chi connectivity index (χ1) is 7.13.